The van der Waals surface area contributed by atoms with E-state index in [1.807, 2.05) is 19.1 Å². The Bertz CT molecular complexity index is 525. The Labute approximate surface area is 103 Å². The normalized spacial score (nSPS) is 10.9. The van der Waals surface area contributed by atoms with Gasteiger partial charge in [0.05, 0.1) is 17.2 Å². The number of rotatable bonds is 4. The van der Waals surface area contributed by atoms with Crippen LogP contribution in [0.4, 0.5) is 5.95 Å². The Morgan fingerprint density at radius 3 is 3.06 bits per heavy atom. The van der Waals surface area contributed by atoms with Gasteiger partial charge in [0.25, 0.3) is 11.8 Å². The van der Waals surface area contributed by atoms with Crippen molar-refractivity contribution in [2.45, 2.75) is 6.92 Å². The van der Waals surface area contributed by atoms with E-state index in [-0.39, 0.29) is 5.95 Å². The number of benzene rings is 1. The number of ether oxygens (including phenoxy) is 1. The second-order valence-electron chi connectivity index (χ2n) is 3.07. The molecule has 0 aliphatic carbocycles. The molecule has 2 rings (SSSR count). The monoisotopic (exact) mass is 251 g/mol. The van der Waals surface area contributed by atoms with Crippen LogP contribution < -0.4 is 0 Å². The fourth-order valence-electron chi connectivity index (χ4n) is 1.17. The van der Waals surface area contributed by atoms with Gasteiger partial charge >= 0.3 is 0 Å². The van der Waals surface area contributed by atoms with Gasteiger partial charge in [-0.2, -0.15) is 9.98 Å². The van der Waals surface area contributed by atoms with E-state index < -0.39 is 0 Å². The lowest BCUT2D eigenvalue weighted by atomic mass is 10.2. The fraction of sp³-hybridized carbons (Fsp3) is 0.182. The van der Waals surface area contributed by atoms with Crippen LogP contribution in [0.5, 0.6) is 0 Å². The maximum absolute atomic E-state index is 6.00. The molecular formula is C11H10ClN3O2. The third kappa shape index (κ3) is 2.82. The molecule has 0 radical (unpaired) electrons. The van der Waals surface area contributed by atoms with Crippen molar-refractivity contribution in [3.8, 4) is 11.5 Å². The van der Waals surface area contributed by atoms with Crippen LogP contribution >= 0.6 is 11.6 Å². The largest absolute Gasteiger partial charge is 0.483 e. The lowest BCUT2D eigenvalue weighted by Crippen LogP contribution is -1.84. The van der Waals surface area contributed by atoms with Crippen LogP contribution in [0.15, 0.2) is 33.8 Å². The molecule has 5 nitrogen and oxygen atoms in total. The molecule has 0 fully saturated rings. The summed E-state index contributed by atoms with van der Waals surface area (Å²) in [6.07, 6.45) is 1.28. The highest BCUT2D eigenvalue weighted by molar-refractivity contribution is 6.33. The van der Waals surface area contributed by atoms with E-state index in [1.54, 1.807) is 12.1 Å². The Morgan fingerprint density at radius 2 is 2.29 bits per heavy atom. The SMILES string of the molecule is CCO/C=N/c1noc(-c2ccccc2Cl)n1. The van der Waals surface area contributed by atoms with Crippen molar-refractivity contribution in [1.29, 1.82) is 0 Å². The molecule has 0 amide bonds. The first-order valence-electron chi connectivity index (χ1n) is 5.04. The molecule has 0 aliphatic heterocycles. The Hall–Kier alpha value is -1.88. The maximum atomic E-state index is 6.00. The zero-order valence-electron chi connectivity index (χ0n) is 9.13. The van der Waals surface area contributed by atoms with Crippen LogP contribution in [0.25, 0.3) is 11.5 Å². The summed E-state index contributed by atoms with van der Waals surface area (Å²) in [5.41, 5.74) is 0.680. The molecule has 17 heavy (non-hydrogen) atoms. The standard InChI is InChI=1S/C11H10ClN3O2/c1-2-16-7-13-11-14-10(17-15-11)8-5-3-4-6-9(8)12/h3-7H,2H2,1H3/b13-7+. The van der Waals surface area contributed by atoms with Crippen LogP contribution in [0.3, 0.4) is 0 Å². The first-order chi connectivity index (χ1) is 8.31. The summed E-state index contributed by atoms with van der Waals surface area (Å²) in [5.74, 6) is 0.535. The molecule has 88 valence electrons. The zero-order valence-corrected chi connectivity index (χ0v) is 9.89. The van der Waals surface area contributed by atoms with Crippen LogP contribution in [0.1, 0.15) is 6.92 Å². The third-order valence-corrected chi connectivity index (χ3v) is 2.26. The van der Waals surface area contributed by atoms with Gasteiger partial charge < -0.3 is 9.26 Å². The second-order valence-corrected chi connectivity index (χ2v) is 3.48. The van der Waals surface area contributed by atoms with Gasteiger partial charge in [-0.15, -0.1) is 0 Å². The number of halogens is 1. The maximum Gasteiger partial charge on any atom is 0.292 e. The summed E-state index contributed by atoms with van der Waals surface area (Å²) in [6, 6.07) is 7.22. The highest BCUT2D eigenvalue weighted by Crippen LogP contribution is 2.26. The Morgan fingerprint density at radius 1 is 1.47 bits per heavy atom. The Kier molecular flexibility index (Phi) is 3.72. The van der Waals surface area contributed by atoms with Crippen molar-refractivity contribution in [3.05, 3.63) is 29.3 Å². The van der Waals surface area contributed by atoms with E-state index in [1.165, 1.54) is 6.40 Å². The van der Waals surface area contributed by atoms with Crippen LogP contribution in [-0.4, -0.2) is 23.1 Å². The molecule has 0 saturated heterocycles. The summed E-state index contributed by atoms with van der Waals surface area (Å²) < 4.78 is 9.98. The molecule has 0 bridgehead atoms. The number of hydrogen-bond donors (Lipinski definition) is 0. The van der Waals surface area contributed by atoms with Crippen molar-refractivity contribution < 1.29 is 9.26 Å². The minimum absolute atomic E-state index is 0.202. The topological polar surface area (TPSA) is 60.5 Å². The van der Waals surface area contributed by atoms with Gasteiger partial charge in [-0.05, 0) is 24.2 Å². The first kappa shape index (κ1) is 11.6. The van der Waals surface area contributed by atoms with Crippen molar-refractivity contribution in [2.24, 2.45) is 4.99 Å². The smallest absolute Gasteiger partial charge is 0.292 e. The van der Waals surface area contributed by atoms with Crippen LogP contribution in [0.2, 0.25) is 5.02 Å². The van der Waals surface area contributed by atoms with Gasteiger partial charge in [0.2, 0.25) is 0 Å². The van der Waals surface area contributed by atoms with Gasteiger partial charge in [0, 0.05) is 0 Å². The highest BCUT2D eigenvalue weighted by Gasteiger charge is 2.10. The molecule has 1 aromatic carbocycles. The van der Waals surface area contributed by atoms with Crippen molar-refractivity contribution in [3.63, 3.8) is 0 Å². The van der Waals surface area contributed by atoms with Gasteiger partial charge in [-0.25, -0.2) is 0 Å². The number of hydrogen-bond acceptors (Lipinski definition) is 5. The lowest BCUT2D eigenvalue weighted by molar-refractivity contribution is 0.343. The molecule has 0 spiro atoms. The molecule has 1 aromatic heterocycles. The molecule has 0 N–H and O–H groups in total. The van der Waals surface area contributed by atoms with Gasteiger partial charge in [0.1, 0.15) is 0 Å². The summed E-state index contributed by atoms with van der Waals surface area (Å²) >= 11 is 6.00. The molecule has 6 heteroatoms. The average molecular weight is 252 g/mol. The summed E-state index contributed by atoms with van der Waals surface area (Å²) in [7, 11) is 0. The summed E-state index contributed by atoms with van der Waals surface area (Å²) in [4.78, 5) is 7.94. The molecular weight excluding hydrogens is 242 g/mol. The third-order valence-electron chi connectivity index (χ3n) is 1.93. The molecule has 0 saturated carbocycles. The average Bonchev–Trinajstić information content (AvgIpc) is 2.79. The highest BCUT2D eigenvalue weighted by atomic mass is 35.5. The van der Waals surface area contributed by atoms with E-state index in [4.69, 9.17) is 20.9 Å². The van der Waals surface area contributed by atoms with Crippen molar-refractivity contribution in [1.82, 2.24) is 10.1 Å². The van der Waals surface area contributed by atoms with Gasteiger partial charge in [0.15, 0.2) is 6.40 Å². The minimum Gasteiger partial charge on any atom is -0.483 e. The molecule has 0 aliphatic rings. The lowest BCUT2D eigenvalue weighted by Gasteiger charge is -1.95. The minimum atomic E-state index is 0.202. The van der Waals surface area contributed by atoms with Crippen molar-refractivity contribution in [2.75, 3.05) is 6.61 Å². The molecule has 2 aromatic rings. The molecule has 0 atom stereocenters. The fourth-order valence-corrected chi connectivity index (χ4v) is 1.39. The van der Waals surface area contributed by atoms with E-state index in [2.05, 4.69) is 15.1 Å². The quantitative estimate of drug-likeness (QED) is 0.619. The van der Waals surface area contributed by atoms with Gasteiger partial charge in [-0.1, -0.05) is 23.7 Å². The van der Waals surface area contributed by atoms with E-state index in [0.29, 0.717) is 23.1 Å². The molecule has 0 unspecified atom stereocenters. The molecule has 1 heterocycles. The van der Waals surface area contributed by atoms with Crippen molar-refractivity contribution >= 4 is 23.9 Å². The van der Waals surface area contributed by atoms with Crippen LogP contribution in [0, 0.1) is 0 Å². The summed E-state index contributed by atoms with van der Waals surface area (Å²) in [5, 5.41) is 4.24. The van der Waals surface area contributed by atoms with Gasteiger partial charge in [-0.3, -0.25) is 0 Å². The Balaban J connectivity index is 2.21. The van der Waals surface area contributed by atoms with E-state index in [0.717, 1.165) is 0 Å². The number of aromatic nitrogens is 2. The van der Waals surface area contributed by atoms with E-state index in [9.17, 15) is 0 Å². The predicted octanol–water partition coefficient (Wildman–Crippen LogP) is 3.09. The first-order valence-corrected chi connectivity index (χ1v) is 5.42. The summed E-state index contributed by atoms with van der Waals surface area (Å²) in [6.45, 7) is 2.40. The number of aliphatic imine (C=N–C) groups is 1. The zero-order chi connectivity index (χ0) is 12.1. The van der Waals surface area contributed by atoms with Crippen LogP contribution in [-0.2, 0) is 4.74 Å². The predicted molar refractivity (Wildman–Crippen MR) is 64.5 cm³/mol. The number of nitrogens with zero attached hydrogens (tertiary/aromatic N) is 3. The second kappa shape index (κ2) is 5.45. The van der Waals surface area contributed by atoms with E-state index >= 15 is 0 Å².